The molecule has 0 radical (unpaired) electrons. The summed E-state index contributed by atoms with van der Waals surface area (Å²) in [7, 11) is 1.28. The van der Waals surface area contributed by atoms with Gasteiger partial charge in [0, 0.05) is 30.7 Å². The van der Waals surface area contributed by atoms with Gasteiger partial charge in [-0.2, -0.15) is 0 Å². The van der Waals surface area contributed by atoms with Gasteiger partial charge >= 0.3 is 5.97 Å². The molecule has 130 valence electrons. The van der Waals surface area contributed by atoms with E-state index in [-0.39, 0.29) is 17.0 Å². The zero-order valence-electron chi connectivity index (χ0n) is 14.2. The van der Waals surface area contributed by atoms with Gasteiger partial charge < -0.3 is 10.1 Å². The minimum Gasteiger partial charge on any atom is -0.465 e. The number of methoxy groups -OCH3 is 1. The smallest absolute Gasteiger partial charge is 0.338 e. The largest absolute Gasteiger partial charge is 0.465 e. The summed E-state index contributed by atoms with van der Waals surface area (Å²) >= 11 is 0. The van der Waals surface area contributed by atoms with E-state index in [4.69, 9.17) is 4.74 Å². The Bertz CT molecular complexity index is 909. The second kappa shape index (κ2) is 8.02. The highest BCUT2D eigenvalue weighted by atomic mass is 16.5. The number of hydrogen-bond donors (Lipinski definition) is 1. The van der Waals surface area contributed by atoms with Crippen molar-refractivity contribution in [1.82, 2.24) is 15.3 Å². The van der Waals surface area contributed by atoms with Crippen LogP contribution in [0.4, 0.5) is 0 Å². The zero-order valence-corrected chi connectivity index (χ0v) is 14.2. The average Bonchev–Trinajstić information content (AvgIpc) is 2.72. The van der Waals surface area contributed by atoms with Crippen molar-refractivity contribution < 1.29 is 14.3 Å². The van der Waals surface area contributed by atoms with E-state index >= 15 is 0 Å². The minimum atomic E-state index is -0.543. The van der Waals surface area contributed by atoms with Crippen LogP contribution in [0.15, 0.2) is 67.1 Å². The number of amides is 1. The van der Waals surface area contributed by atoms with Crippen LogP contribution in [0.2, 0.25) is 0 Å². The summed E-state index contributed by atoms with van der Waals surface area (Å²) in [5.41, 5.74) is 3.10. The summed E-state index contributed by atoms with van der Waals surface area (Å²) in [6.07, 6.45) is 5.15. The van der Waals surface area contributed by atoms with Crippen molar-refractivity contribution in [1.29, 1.82) is 0 Å². The fraction of sp³-hybridized carbons (Fsp3) is 0.100. The van der Waals surface area contributed by atoms with Gasteiger partial charge in [0.25, 0.3) is 5.91 Å². The molecule has 3 rings (SSSR count). The molecular formula is C20H17N3O3. The van der Waals surface area contributed by atoms with Gasteiger partial charge in [-0.15, -0.1) is 0 Å². The highest BCUT2D eigenvalue weighted by molar-refractivity contribution is 6.05. The number of carbonyl (C=O) groups is 2. The van der Waals surface area contributed by atoms with Crippen molar-refractivity contribution in [2.45, 2.75) is 6.54 Å². The monoisotopic (exact) mass is 347 g/mol. The standard InChI is InChI=1S/C20H17N3O3/c1-26-20(25)17-7-3-2-6-16(17)19(24)23-12-14-8-9-18(22-11-14)15-5-4-10-21-13-15/h2-11,13H,12H2,1H3,(H,23,24). The van der Waals surface area contributed by atoms with Crippen LogP contribution in [0.1, 0.15) is 26.3 Å². The van der Waals surface area contributed by atoms with Gasteiger partial charge in [-0.1, -0.05) is 18.2 Å². The molecule has 1 aromatic carbocycles. The predicted octanol–water partition coefficient (Wildman–Crippen LogP) is 2.86. The molecule has 3 aromatic rings. The van der Waals surface area contributed by atoms with E-state index in [9.17, 15) is 9.59 Å². The Balaban J connectivity index is 1.68. The highest BCUT2D eigenvalue weighted by Gasteiger charge is 2.16. The molecular weight excluding hydrogens is 330 g/mol. The van der Waals surface area contributed by atoms with Crippen LogP contribution in [0, 0.1) is 0 Å². The second-order valence-electron chi connectivity index (χ2n) is 5.51. The number of hydrogen-bond acceptors (Lipinski definition) is 5. The SMILES string of the molecule is COC(=O)c1ccccc1C(=O)NCc1ccc(-c2cccnc2)nc1. The molecule has 0 atom stereocenters. The Labute approximate surface area is 150 Å². The lowest BCUT2D eigenvalue weighted by Crippen LogP contribution is -2.25. The molecule has 1 N–H and O–H groups in total. The maximum atomic E-state index is 12.4. The third kappa shape index (κ3) is 3.92. The van der Waals surface area contributed by atoms with Crippen molar-refractivity contribution in [3.05, 3.63) is 83.8 Å². The number of esters is 1. The van der Waals surface area contributed by atoms with E-state index in [1.807, 2.05) is 24.3 Å². The molecule has 0 bridgehead atoms. The van der Waals surface area contributed by atoms with Crippen molar-refractivity contribution >= 4 is 11.9 Å². The summed E-state index contributed by atoms with van der Waals surface area (Å²) in [4.78, 5) is 32.6. The molecule has 2 heterocycles. The lowest BCUT2D eigenvalue weighted by molar-refractivity contribution is 0.0596. The molecule has 0 saturated heterocycles. The molecule has 1 amide bonds. The molecule has 0 unspecified atom stereocenters. The van der Waals surface area contributed by atoms with E-state index in [2.05, 4.69) is 15.3 Å². The van der Waals surface area contributed by atoms with Crippen molar-refractivity contribution in [2.75, 3.05) is 7.11 Å². The van der Waals surface area contributed by atoms with Gasteiger partial charge in [0.1, 0.15) is 0 Å². The van der Waals surface area contributed by atoms with Crippen LogP contribution in [-0.4, -0.2) is 29.0 Å². The quantitative estimate of drug-likeness (QED) is 0.718. The Kier molecular flexibility index (Phi) is 5.34. The highest BCUT2D eigenvalue weighted by Crippen LogP contribution is 2.15. The van der Waals surface area contributed by atoms with Gasteiger partial charge in [0.2, 0.25) is 0 Å². The molecule has 0 saturated carbocycles. The number of rotatable bonds is 5. The van der Waals surface area contributed by atoms with E-state index in [0.717, 1.165) is 16.8 Å². The third-order valence-corrected chi connectivity index (χ3v) is 3.81. The fourth-order valence-corrected chi connectivity index (χ4v) is 2.46. The summed E-state index contributed by atoms with van der Waals surface area (Å²) < 4.78 is 4.71. The van der Waals surface area contributed by atoms with E-state index in [1.54, 1.807) is 42.9 Å². The number of aromatic nitrogens is 2. The number of benzene rings is 1. The normalized spacial score (nSPS) is 10.2. The number of carbonyl (C=O) groups excluding carboxylic acids is 2. The lowest BCUT2D eigenvalue weighted by atomic mass is 10.1. The maximum Gasteiger partial charge on any atom is 0.338 e. The number of ether oxygens (including phenoxy) is 1. The molecule has 2 aromatic heterocycles. The Morgan fingerprint density at radius 2 is 1.81 bits per heavy atom. The first-order valence-corrected chi connectivity index (χ1v) is 8.00. The van der Waals surface area contributed by atoms with Crippen LogP contribution >= 0.6 is 0 Å². The third-order valence-electron chi connectivity index (χ3n) is 3.81. The molecule has 0 fully saturated rings. The molecule has 0 aliphatic carbocycles. The summed E-state index contributed by atoms with van der Waals surface area (Å²) in [5, 5.41) is 2.79. The molecule has 0 spiro atoms. The van der Waals surface area contributed by atoms with Crippen LogP contribution in [0.5, 0.6) is 0 Å². The van der Waals surface area contributed by atoms with Gasteiger partial charge in [0.15, 0.2) is 0 Å². The minimum absolute atomic E-state index is 0.234. The maximum absolute atomic E-state index is 12.4. The second-order valence-corrected chi connectivity index (χ2v) is 5.51. The molecule has 26 heavy (non-hydrogen) atoms. The molecule has 0 aliphatic rings. The van der Waals surface area contributed by atoms with Crippen molar-refractivity contribution in [3.63, 3.8) is 0 Å². The van der Waals surface area contributed by atoms with Gasteiger partial charge in [-0.25, -0.2) is 4.79 Å². The summed E-state index contributed by atoms with van der Waals surface area (Å²) in [6.45, 7) is 0.300. The number of pyridine rings is 2. The van der Waals surface area contributed by atoms with Crippen LogP contribution in [-0.2, 0) is 11.3 Å². The molecule has 6 heteroatoms. The fourth-order valence-electron chi connectivity index (χ4n) is 2.46. The average molecular weight is 347 g/mol. The number of nitrogens with one attached hydrogen (secondary N) is 1. The van der Waals surface area contributed by atoms with E-state index in [0.29, 0.717) is 6.54 Å². The van der Waals surface area contributed by atoms with E-state index in [1.165, 1.54) is 7.11 Å². The first-order chi connectivity index (χ1) is 12.7. The number of nitrogens with zero attached hydrogens (tertiary/aromatic N) is 2. The van der Waals surface area contributed by atoms with Crippen molar-refractivity contribution in [2.24, 2.45) is 0 Å². The Morgan fingerprint density at radius 3 is 2.46 bits per heavy atom. The van der Waals surface area contributed by atoms with Crippen LogP contribution in [0.3, 0.4) is 0 Å². The summed E-state index contributed by atoms with van der Waals surface area (Å²) in [6, 6.07) is 14.1. The predicted molar refractivity (Wildman–Crippen MR) is 96.4 cm³/mol. The first-order valence-electron chi connectivity index (χ1n) is 8.00. The summed E-state index contributed by atoms with van der Waals surface area (Å²) in [5.74, 6) is -0.888. The Morgan fingerprint density at radius 1 is 1.00 bits per heavy atom. The topological polar surface area (TPSA) is 81.2 Å². The Hall–Kier alpha value is -3.54. The van der Waals surface area contributed by atoms with E-state index < -0.39 is 5.97 Å². The van der Waals surface area contributed by atoms with Gasteiger partial charge in [-0.05, 0) is 35.9 Å². The zero-order chi connectivity index (χ0) is 18.4. The van der Waals surface area contributed by atoms with Gasteiger partial charge in [-0.3, -0.25) is 14.8 Å². The molecule has 0 aliphatic heterocycles. The van der Waals surface area contributed by atoms with Gasteiger partial charge in [0.05, 0.1) is 23.9 Å². The molecule has 6 nitrogen and oxygen atoms in total. The van der Waals surface area contributed by atoms with Crippen molar-refractivity contribution in [3.8, 4) is 11.3 Å². The lowest BCUT2D eigenvalue weighted by Gasteiger charge is -2.09. The van der Waals surface area contributed by atoms with Crippen LogP contribution < -0.4 is 5.32 Å². The first kappa shape index (κ1) is 17.3. The van der Waals surface area contributed by atoms with Crippen LogP contribution in [0.25, 0.3) is 11.3 Å².